The molecule has 7 heteroatoms. The maximum atomic E-state index is 12.3. The highest BCUT2D eigenvalue weighted by atomic mass is 35.5. The van der Waals surface area contributed by atoms with Gasteiger partial charge in [0.25, 0.3) is 0 Å². The smallest absolute Gasteiger partial charge is 0.214 e. The summed E-state index contributed by atoms with van der Waals surface area (Å²) in [6.45, 7) is 3.22. The lowest BCUT2D eigenvalue weighted by Gasteiger charge is -2.22. The maximum Gasteiger partial charge on any atom is 0.214 e. The summed E-state index contributed by atoms with van der Waals surface area (Å²) in [6, 6.07) is 3.65. The van der Waals surface area contributed by atoms with Gasteiger partial charge in [-0.25, -0.2) is 8.42 Å². The lowest BCUT2D eigenvalue weighted by molar-refractivity contribution is 0.310. The second-order valence-electron chi connectivity index (χ2n) is 5.01. The molecule has 1 aromatic rings. The molecule has 0 fully saturated rings. The van der Waals surface area contributed by atoms with Gasteiger partial charge >= 0.3 is 0 Å². The van der Waals surface area contributed by atoms with Gasteiger partial charge in [-0.05, 0) is 39.6 Å². The molecule has 0 amide bonds. The van der Waals surface area contributed by atoms with Crippen LogP contribution >= 0.6 is 11.6 Å². The first kappa shape index (κ1) is 17.5. The molecule has 1 rings (SSSR count). The van der Waals surface area contributed by atoms with E-state index in [-0.39, 0.29) is 12.3 Å². The van der Waals surface area contributed by atoms with Crippen LogP contribution < -0.4 is 0 Å². The molecule has 20 heavy (non-hydrogen) atoms. The highest BCUT2D eigenvalue weighted by Crippen LogP contribution is 2.13. The molecule has 116 valence electrons. The number of hydrogen-bond acceptors (Lipinski definition) is 4. The summed E-state index contributed by atoms with van der Waals surface area (Å²) < 4.78 is 31.6. The van der Waals surface area contributed by atoms with Gasteiger partial charge in [0, 0.05) is 19.0 Å². The third-order valence-electron chi connectivity index (χ3n) is 2.85. The van der Waals surface area contributed by atoms with Crippen LogP contribution in [0.4, 0.5) is 0 Å². The summed E-state index contributed by atoms with van der Waals surface area (Å²) in [5.74, 6) is 1.87. The molecule has 0 radical (unpaired) electrons. The van der Waals surface area contributed by atoms with Gasteiger partial charge in [-0.15, -0.1) is 11.6 Å². The van der Waals surface area contributed by atoms with Crippen molar-refractivity contribution in [2.75, 3.05) is 38.8 Å². The highest BCUT2D eigenvalue weighted by Gasteiger charge is 2.22. The Balaban J connectivity index is 2.78. The van der Waals surface area contributed by atoms with E-state index in [2.05, 4.69) is 0 Å². The van der Waals surface area contributed by atoms with E-state index in [0.717, 1.165) is 5.76 Å². The standard InChI is InChI=1S/C13H23ClN2O3S/c1-12-5-6-13(19-12)11-16(9-8-15(2)3)20(17,18)10-4-7-14/h5-6H,4,7-11H2,1-3H3. The third-order valence-corrected chi connectivity index (χ3v) is 5.02. The van der Waals surface area contributed by atoms with Crippen molar-refractivity contribution in [2.45, 2.75) is 19.9 Å². The maximum absolute atomic E-state index is 12.3. The molecule has 0 aliphatic heterocycles. The fraction of sp³-hybridized carbons (Fsp3) is 0.692. The molecule has 0 unspecified atom stereocenters. The van der Waals surface area contributed by atoms with Gasteiger partial charge in [0.2, 0.25) is 10.0 Å². The number of halogens is 1. The van der Waals surface area contributed by atoms with Crippen molar-refractivity contribution in [3.63, 3.8) is 0 Å². The number of likely N-dealkylation sites (N-methyl/N-ethyl adjacent to an activating group) is 1. The van der Waals surface area contributed by atoms with Gasteiger partial charge in [-0.2, -0.15) is 4.31 Å². The van der Waals surface area contributed by atoms with Gasteiger partial charge in [0.1, 0.15) is 11.5 Å². The molecule has 0 saturated carbocycles. The Morgan fingerprint density at radius 2 is 1.95 bits per heavy atom. The average molecular weight is 323 g/mol. The van der Waals surface area contributed by atoms with Crippen LogP contribution in [0.5, 0.6) is 0 Å². The van der Waals surface area contributed by atoms with Gasteiger partial charge in [0.15, 0.2) is 0 Å². The van der Waals surface area contributed by atoms with Gasteiger partial charge in [-0.3, -0.25) is 0 Å². The van der Waals surface area contributed by atoms with Gasteiger partial charge in [0.05, 0.1) is 12.3 Å². The summed E-state index contributed by atoms with van der Waals surface area (Å²) >= 11 is 5.59. The first-order valence-corrected chi connectivity index (χ1v) is 8.73. The summed E-state index contributed by atoms with van der Waals surface area (Å²) in [6.07, 6.45) is 0.458. The van der Waals surface area contributed by atoms with E-state index in [1.165, 1.54) is 4.31 Å². The first-order valence-electron chi connectivity index (χ1n) is 6.59. The molecule has 0 bridgehead atoms. The van der Waals surface area contributed by atoms with E-state index < -0.39 is 10.0 Å². The van der Waals surface area contributed by atoms with Crippen LogP contribution in [0.15, 0.2) is 16.5 Å². The Morgan fingerprint density at radius 3 is 2.45 bits per heavy atom. The quantitative estimate of drug-likeness (QED) is 0.652. The molecular weight excluding hydrogens is 300 g/mol. The molecule has 5 nitrogen and oxygen atoms in total. The van der Waals surface area contributed by atoms with Crippen molar-refractivity contribution in [3.8, 4) is 0 Å². The predicted octanol–water partition coefficient (Wildman–Crippen LogP) is 1.91. The molecule has 0 saturated heterocycles. The molecule has 0 atom stereocenters. The minimum Gasteiger partial charge on any atom is -0.465 e. The van der Waals surface area contributed by atoms with Crippen LogP contribution in [-0.4, -0.2) is 56.4 Å². The summed E-state index contributed by atoms with van der Waals surface area (Å²) in [5, 5.41) is 0. The number of aryl methyl sites for hydroxylation is 1. The van der Waals surface area contributed by atoms with E-state index in [0.29, 0.717) is 31.2 Å². The molecule has 0 aromatic carbocycles. The number of alkyl halides is 1. The van der Waals surface area contributed by atoms with Crippen LogP contribution in [-0.2, 0) is 16.6 Å². The van der Waals surface area contributed by atoms with E-state index in [1.807, 2.05) is 38.1 Å². The summed E-state index contributed by atoms with van der Waals surface area (Å²) in [7, 11) is 0.528. The fourth-order valence-electron chi connectivity index (χ4n) is 1.74. The van der Waals surface area contributed by atoms with Crippen molar-refractivity contribution in [1.29, 1.82) is 0 Å². The Labute approximate surface area is 126 Å². The van der Waals surface area contributed by atoms with Crippen molar-refractivity contribution in [1.82, 2.24) is 9.21 Å². The molecular formula is C13H23ClN2O3S. The van der Waals surface area contributed by atoms with Crippen LogP contribution in [0.3, 0.4) is 0 Å². The van der Waals surface area contributed by atoms with Crippen molar-refractivity contribution >= 4 is 21.6 Å². The topological polar surface area (TPSA) is 53.8 Å². The molecule has 0 aliphatic carbocycles. The number of hydrogen-bond donors (Lipinski definition) is 0. The van der Waals surface area contributed by atoms with E-state index in [9.17, 15) is 8.42 Å². The zero-order valence-corrected chi connectivity index (χ0v) is 13.9. The largest absolute Gasteiger partial charge is 0.465 e. The lowest BCUT2D eigenvalue weighted by Crippen LogP contribution is -2.37. The molecule has 1 heterocycles. The Morgan fingerprint density at radius 1 is 1.25 bits per heavy atom. The Kier molecular flexibility index (Phi) is 7.02. The van der Waals surface area contributed by atoms with Crippen LogP contribution in [0.2, 0.25) is 0 Å². The number of rotatable bonds is 9. The SMILES string of the molecule is Cc1ccc(CN(CCN(C)C)S(=O)(=O)CCCCl)o1. The van der Waals surface area contributed by atoms with Gasteiger partial charge in [-0.1, -0.05) is 0 Å². The fourth-order valence-corrected chi connectivity index (χ4v) is 3.48. The molecule has 0 N–H and O–H groups in total. The molecule has 0 aliphatic rings. The zero-order chi connectivity index (χ0) is 15.2. The molecule has 1 aromatic heterocycles. The Hall–Kier alpha value is -0.560. The van der Waals surface area contributed by atoms with Crippen molar-refractivity contribution in [3.05, 3.63) is 23.7 Å². The van der Waals surface area contributed by atoms with Gasteiger partial charge < -0.3 is 9.32 Å². The lowest BCUT2D eigenvalue weighted by atomic mass is 10.4. The van der Waals surface area contributed by atoms with E-state index in [1.54, 1.807) is 0 Å². The monoisotopic (exact) mass is 322 g/mol. The Bertz CT molecular complexity index is 499. The number of sulfonamides is 1. The first-order chi connectivity index (χ1) is 9.35. The predicted molar refractivity (Wildman–Crippen MR) is 81.5 cm³/mol. The van der Waals surface area contributed by atoms with Crippen molar-refractivity contribution in [2.24, 2.45) is 0 Å². The second kappa shape index (κ2) is 8.02. The van der Waals surface area contributed by atoms with Crippen LogP contribution in [0.1, 0.15) is 17.9 Å². The highest BCUT2D eigenvalue weighted by molar-refractivity contribution is 7.89. The minimum absolute atomic E-state index is 0.0730. The zero-order valence-electron chi connectivity index (χ0n) is 12.3. The average Bonchev–Trinajstić information content (AvgIpc) is 2.77. The molecule has 0 spiro atoms. The second-order valence-corrected chi connectivity index (χ2v) is 7.47. The summed E-state index contributed by atoms with van der Waals surface area (Å²) in [5.41, 5.74) is 0. The number of nitrogens with zero attached hydrogens (tertiary/aromatic N) is 2. The van der Waals surface area contributed by atoms with Crippen LogP contribution in [0, 0.1) is 6.92 Å². The minimum atomic E-state index is -3.31. The summed E-state index contributed by atoms with van der Waals surface area (Å²) in [4.78, 5) is 1.96. The van der Waals surface area contributed by atoms with Crippen LogP contribution in [0.25, 0.3) is 0 Å². The van der Waals surface area contributed by atoms with E-state index in [4.69, 9.17) is 16.0 Å². The number of furan rings is 1. The van der Waals surface area contributed by atoms with Crippen molar-refractivity contribution < 1.29 is 12.8 Å². The third kappa shape index (κ3) is 5.83. The normalized spacial score (nSPS) is 12.5. The van der Waals surface area contributed by atoms with E-state index >= 15 is 0 Å².